The highest BCUT2D eigenvalue weighted by Crippen LogP contribution is 2.40. The molecule has 0 heterocycles. The highest BCUT2D eigenvalue weighted by atomic mass is 32.2. The number of aliphatic hydroxyl groups excluding tert-OH is 1. The van der Waals surface area contributed by atoms with Gasteiger partial charge in [0.05, 0.1) is 5.25 Å². The standard InChI is InChI=1S/C18H22N2O2S/c1-11-4-7-13(8-5-11)17(16(21)18(22)20-3)23-15-10-12(2)6-9-14(15)19/h4-10,16-17,21H,19H2,1-3H3,(H,20,22)/t16-,17+/m0/s1. The van der Waals surface area contributed by atoms with Gasteiger partial charge in [0.25, 0.3) is 0 Å². The van der Waals surface area contributed by atoms with Gasteiger partial charge >= 0.3 is 0 Å². The number of thioether (sulfide) groups is 1. The molecule has 0 unspecified atom stereocenters. The summed E-state index contributed by atoms with van der Waals surface area (Å²) in [7, 11) is 1.52. The Morgan fingerprint density at radius 2 is 1.74 bits per heavy atom. The molecule has 4 N–H and O–H groups in total. The van der Waals surface area contributed by atoms with Gasteiger partial charge in [-0.1, -0.05) is 35.9 Å². The van der Waals surface area contributed by atoms with Gasteiger partial charge in [-0.05, 0) is 37.1 Å². The third-order valence-electron chi connectivity index (χ3n) is 3.63. The van der Waals surface area contributed by atoms with Crippen LogP contribution in [0.1, 0.15) is 21.9 Å². The van der Waals surface area contributed by atoms with Crippen LogP contribution >= 0.6 is 11.8 Å². The van der Waals surface area contributed by atoms with Gasteiger partial charge in [0.15, 0.2) is 0 Å². The summed E-state index contributed by atoms with van der Waals surface area (Å²) in [6.07, 6.45) is -1.16. The van der Waals surface area contributed by atoms with Crippen molar-refractivity contribution in [2.75, 3.05) is 12.8 Å². The van der Waals surface area contributed by atoms with Crippen LogP contribution in [0.4, 0.5) is 5.69 Å². The van der Waals surface area contributed by atoms with Crippen LogP contribution in [0.15, 0.2) is 47.4 Å². The number of carbonyl (C=O) groups excluding carboxylic acids is 1. The fourth-order valence-corrected chi connectivity index (χ4v) is 3.51. The third-order valence-corrected chi connectivity index (χ3v) is 5.02. The highest BCUT2D eigenvalue weighted by Gasteiger charge is 2.28. The van der Waals surface area contributed by atoms with Crippen molar-refractivity contribution < 1.29 is 9.90 Å². The van der Waals surface area contributed by atoms with Gasteiger partial charge < -0.3 is 16.2 Å². The molecule has 0 radical (unpaired) electrons. The number of aliphatic hydroxyl groups is 1. The summed E-state index contributed by atoms with van der Waals surface area (Å²) in [5.41, 5.74) is 9.78. The zero-order valence-corrected chi connectivity index (χ0v) is 14.4. The van der Waals surface area contributed by atoms with E-state index in [1.165, 1.54) is 18.8 Å². The van der Waals surface area contributed by atoms with Crippen molar-refractivity contribution in [3.05, 3.63) is 59.2 Å². The average molecular weight is 330 g/mol. The molecular weight excluding hydrogens is 308 g/mol. The molecule has 0 saturated heterocycles. The molecule has 0 fully saturated rings. The molecule has 23 heavy (non-hydrogen) atoms. The molecule has 5 heteroatoms. The fraction of sp³-hybridized carbons (Fsp3) is 0.278. The van der Waals surface area contributed by atoms with E-state index in [1.54, 1.807) is 0 Å². The van der Waals surface area contributed by atoms with E-state index in [0.29, 0.717) is 5.69 Å². The predicted octanol–water partition coefficient (Wildman–Crippen LogP) is 2.83. The lowest BCUT2D eigenvalue weighted by molar-refractivity contribution is -0.128. The van der Waals surface area contributed by atoms with Crippen molar-refractivity contribution >= 4 is 23.4 Å². The van der Waals surface area contributed by atoms with Crippen molar-refractivity contribution in [2.24, 2.45) is 0 Å². The van der Waals surface area contributed by atoms with E-state index in [-0.39, 0.29) is 0 Å². The maximum Gasteiger partial charge on any atom is 0.250 e. The Morgan fingerprint density at radius 1 is 1.13 bits per heavy atom. The Labute approximate surface area is 141 Å². The Balaban J connectivity index is 2.38. The lowest BCUT2D eigenvalue weighted by Gasteiger charge is -2.23. The molecule has 0 aliphatic carbocycles. The molecule has 0 saturated carbocycles. The molecule has 0 spiro atoms. The molecule has 122 valence electrons. The number of likely N-dealkylation sites (N-methyl/N-ethyl adjacent to an activating group) is 1. The summed E-state index contributed by atoms with van der Waals surface area (Å²) in [4.78, 5) is 12.8. The number of hydrogen-bond donors (Lipinski definition) is 3. The molecule has 4 nitrogen and oxygen atoms in total. The first kappa shape index (κ1) is 17.4. The van der Waals surface area contributed by atoms with E-state index in [9.17, 15) is 9.90 Å². The monoisotopic (exact) mass is 330 g/mol. The van der Waals surface area contributed by atoms with Crippen molar-refractivity contribution in [2.45, 2.75) is 30.1 Å². The second-order valence-electron chi connectivity index (χ2n) is 5.55. The molecule has 0 aliphatic heterocycles. The van der Waals surface area contributed by atoms with Gasteiger partial charge in [-0.2, -0.15) is 0 Å². The van der Waals surface area contributed by atoms with Gasteiger partial charge in [-0.15, -0.1) is 11.8 Å². The predicted molar refractivity (Wildman–Crippen MR) is 95.4 cm³/mol. The van der Waals surface area contributed by atoms with Crippen molar-refractivity contribution in [1.82, 2.24) is 5.32 Å². The normalized spacial score (nSPS) is 13.4. The first-order valence-electron chi connectivity index (χ1n) is 7.41. The van der Waals surface area contributed by atoms with E-state index in [0.717, 1.165) is 21.6 Å². The minimum absolute atomic E-state index is 0.408. The third kappa shape index (κ3) is 4.27. The summed E-state index contributed by atoms with van der Waals surface area (Å²) in [5.74, 6) is -0.408. The lowest BCUT2D eigenvalue weighted by atomic mass is 10.1. The molecular formula is C18H22N2O2S. The average Bonchev–Trinajstić information content (AvgIpc) is 2.55. The van der Waals surface area contributed by atoms with Crippen LogP contribution in [-0.2, 0) is 4.79 Å². The number of benzene rings is 2. The first-order valence-corrected chi connectivity index (χ1v) is 8.29. The number of anilines is 1. The van der Waals surface area contributed by atoms with Gasteiger partial charge in [0.2, 0.25) is 5.91 Å². The minimum atomic E-state index is -1.16. The molecule has 2 atom stereocenters. The van der Waals surface area contributed by atoms with E-state index in [4.69, 9.17) is 5.73 Å². The Hall–Kier alpha value is -1.98. The van der Waals surface area contributed by atoms with Crippen molar-refractivity contribution in [3.63, 3.8) is 0 Å². The molecule has 1 amide bonds. The Bertz CT molecular complexity index is 686. The topological polar surface area (TPSA) is 75.3 Å². The van der Waals surface area contributed by atoms with Crippen LogP contribution in [-0.4, -0.2) is 24.2 Å². The SMILES string of the molecule is CNC(=O)[C@@H](O)[C@H](Sc1cc(C)ccc1N)c1ccc(C)cc1. The molecule has 2 aromatic carbocycles. The number of nitrogens with one attached hydrogen (secondary N) is 1. The zero-order valence-electron chi connectivity index (χ0n) is 13.5. The number of carbonyl (C=O) groups is 1. The number of aryl methyl sites for hydroxylation is 2. The smallest absolute Gasteiger partial charge is 0.250 e. The Kier molecular flexibility index (Phi) is 5.69. The van der Waals surface area contributed by atoms with Crippen molar-refractivity contribution in [1.29, 1.82) is 0 Å². The maximum absolute atomic E-state index is 11.9. The molecule has 0 aliphatic rings. The number of amides is 1. The van der Waals surface area contributed by atoms with Crippen LogP contribution in [0, 0.1) is 13.8 Å². The largest absolute Gasteiger partial charge is 0.398 e. The second kappa shape index (κ2) is 7.53. The van der Waals surface area contributed by atoms with Gasteiger partial charge in [0, 0.05) is 17.6 Å². The summed E-state index contributed by atoms with van der Waals surface area (Å²) >= 11 is 1.40. The summed E-state index contributed by atoms with van der Waals surface area (Å²) < 4.78 is 0. The van der Waals surface area contributed by atoms with Crippen LogP contribution in [0.3, 0.4) is 0 Å². The maximum atomic E-state index is 11.9. The van der Waals surface area contributed by atoms with Gasteiger partial charge in [-0.25, -0.2) is 0 Å². The van der Waals surface area contributed by atoms with E-state index in [1.807, 2.05) is 56.3 Å². The van der Waals surface area contributed by atoms with Crippen LogP contribution in [0.5, 0.6) is 0 Å². The van der Waals surface area contributed by atoms with E-state index in [2.05, 4.69) is 5.32 Å². The van der Waals surface area contributed by atoms with E-state index < -0.39 is 17.3 Å². The van der Waals surface area contributed by atoms with E-state index >= 15 is 0 Å². The summed E-state index contributed by atoms with van der Waals surface area (Å²) in [6.45, 7) is 3.99. The molecule has 2 aromatic rings. The van der Waals surface area contributed by atoms with Gasteiger partial charge in [0.1, 0.15) is 6.10 Å². The number of hydrogen-bond acceptors (Lipinski definition) is 4. The zero-order chi connectivity index (χ0) is 17.0. The molecule has 2 rings (SSSR count). The summed E-state index contributed by atoms with van der Waals surface area (Å²) in [6, 6.07) is 13.6. The van der Waals surface area contributed by atoms with Crippen LogP contribution < -0.4 is 11.1 Å². The quantitative estimate of drug-likeness (QED) is 0.582. The second-order valence-corrected chi connectivity index (χ2v) is 6.73. The first-order chi connectivity index (χ1) is 10.9. The van der Waals surface area contributed by atoms with Crippen LogP contribution in [0.25, 0.3) is 0 Å². The lowest BCUT2D eigenvalue weighted by Crippen LogP contribution is -2.35. The van der Waals surface area contributed by atoms with Crippen molar-refractivity contribution in [3.8, 4) is 0 Å². The summed E-state index contributed by atoms with van der Waals surface area (Å²) in [5, 5.41) is 12.5. The fourth-order valence-electron chi connectivity index (χ4n) is 2.24. The number of nitrogens with two attached hydrogens (primary N) is 1. The highest BCUT2D eigenvalue weighted by molar-refractivity contribution is 7.99. The number of rotatable bonds is 5. The Morgan fingerprint density at radius 3 is 2.35 bits per heavy atom. The van der Waals surface area contributed by atoms with Crippen LogP contribution in [0.2, 0.25) is 0 Å². The minimum Gasteiger partial charge on any atom is -0.398 e. The molecule has 0 bridgehead atoms. The number of nitrogen functional groups attached to an aromatic ring is 1. The van der Waals surface area contributed by atoms with Gasteiger partial charge in [-0.3, -0.25) is 4.79 Å². The molecule has 0 aromatic heterocycles.